The Kier molecular flexibility index (Phi) is 4.18. The lowest BCUT2D eigenvalue weighted by Gasteiger charge is -2.35. The maximum atomic E-state index is 4.63. The molecule has 0 saturated carbocycles. The van der Waals surface area contributed by atoms with Gasteiger partial charge in [0.15, 0.2) is 0 Å². The zero-order valence-corrected chi connectivity index (χ0v) is 11.2. The summed E-state index contributed by atoms with van der Waals surface area (Å²) in [7, 11) is 0. The van der Waals surface area contributed by atoms with Gasteiger partial charge in [-0.3, -0.25) is 9.58 Å². The molecular formula is C13H24N4. The summed E-state index contributed by atoms with van der Waals surface area (Å²) in [5.74, 6) is 0. The van der Waals surface area contributed by atoms with Gasteiger partial charge in [-0.25, -0.2) is 0 Å². The topological polar surface area (TPSA) is 33.1 Å². The molecular weight excluding hydrogens is 212 g/mol. The molecule has 1 aromatic rings. The first-order valence-corrected chi connectivity index (χ1v) is 6.69. The third-order valence-electron chi connectivity index (χ3n) is 3.50. The number of rotatable bonds is 4. The van der Waals surface area contributed by atoms with Gasteiger partial charge in [-0.05, 0) is 26.3 Å². The summed E-state index contributed by atoms with van der Waals surface area (Å²) in [5, 5.41) is 8.08. The molecule has 1 aromatic heterocycles. The summed E-state index contributed by atoms with van der Waals surface area (Å²) in [6, 6.07) is 3.26. The smallest absolute Gasteiger partial charge is 0.0765 e. The van der Waals surface area contributed by atoms with Crippen molar-refractivity contribution in [1.29, 1.82) is 0 Å². The summed E-state index contributed by atoms with van der Waals surface area (Å²) < 4.78 is 2.04. The SMILES string of the molecule is CCC1CNCCN1Cc1ccn(C(C)C)n1. The maximum Gasteiger partial charge on any atom is 0.0765 e. The highest BCUT2D eigenvalue weighted by Crippen LogP contribution is 2.12. The first kappa shape index (κ1) is 12.6. The average molecular weight is 236 g/mol. The Morgan fingerprint density at radius 3 is 3.00 bits per heavy atom. The van der Waals surface area contributed by atoms with Gasteiger partial charge < -0.3 is 5.32 Å². The number of nitrogens with zero attached hydrogens (tertiary/aromatic N) is 3. The van der Waals surface area contributed by atoms with Gasteiger partial charge in [0, 0.05) is 44.5 Å². The molecule has 0 amide bonds. The fourth-order valence-corrected chi connectivity index (χ4v) is 2.37. The van der Waals surface area contributed by atoms with Crippen LogP contribution in [0.3, 0.4) is 0 Å². The molecule has 1 N–H and O–H groups in total. The molecule has 1 unspecified atom stereocenters. The second kappa shape index (κ2) is 5.65. The lowest BCUT2D eigenvalue weighted by atomic mass is 10.1. The van der Waals surface area contributed by atoms with Gasteiger partial charge in [0.2, 0.25) is 0 Å². The fourth-order valence-electron chi connectivity index (χ4n) is 2.37. The molecule has 2 heterocycles. The Morgan fingerprint density at radius 2 is 2.35 bits per heavy atom. The highest BCUT2D eigenvalue weighted by atomic mass is 15.3. The van der Waals surface area contributed by atoms with Crippen molar-refractivity contribution in [3.05, 3.63) is 18.0 Å². The van der Waals surface area contributed by atoms with E-state index in [1.165, 1.54) is 12.1 Å². The first-order chi connectivity index (χ1) is 8.20. The van der Waals surface area contributed by atoms with Crippen LogP contribution < -0.4 is 5.32 Å². The van der Waals surface area contributed by atoms with Crippen LogP contribution in [0.4, 0.5) is 0 Å². The van der Waals surface area contributed by atoms with Crippen molar-refractivity contribution in [3.8, 4) is 0 Å². The minimum Gasteiger partial charge on any atom is -0.314 e. The van der Waals surface area contributed by atoms with Gasteiger partial charge >= 0.3 is 0 Å². The van der Waals surface area contributed by atoms with Crippen LogP contribution in [0.5, 0.6) is 0 Å². The molecule has 1 aliphatic rings. The van der Waals surface area contributed by atoms with Gasteiger partial charge in [-0.2, -0.15) is 5.10 Å². The Labute approximate surface area is 104 Å². The molecule has 17 heavy (non-hydrogen) atoms. The Hall–Kier alpha value is -0.870. The largest absolute Gasteiger partial charge is 0.314 e. The number of hydrogen-bond donors (Lipinski definition) is 1. The number of piperazine rings is 1. The van der Waals surface area contributed by atoms with Crippen molar-refractivity contribution < 1.29 is 0 Å². The lowest BCUT2D eigenvalue weighted by molar-refractivity contribution is 0.147. The van der Waals surface area contributed by atoms with Crippen LogP contribution in [0.1, 0.15) is 38.9 Å². The Balaban J connectivity index is 1.98. The summed E-state index contributed by atoms with van der Waals surface area (Å²) in [4.78, 5) is 2.55. The van der Waals surface area contributed by atoms with Crippen molar-refractivity contribution >= 4 is 0 Å². The van der Waals surface area contributed by atoms with Crippen LogP contribution in [0.15, 0.2) is 12.3 Å². The molecule has 2 rings (SSSR count). The van der Waals surface area contributed by atoms with Crippen molar-refractivity contribution in [3.63, 3.8) is 0 Å². The van der Waals surface area contributed by atoms with Crippen LogP contribution in [-0.2, 0) is 6.54 Å². The van der Waals surface area contributed by atoms with Crippen molar-refractivity contribution in [1.82, 2.24) is 20.0 Å². The highest BCUT2D eigenvalue weighted by Gasteiger charge is 2.21. The third kappa shape index (κ3) is 3.07. The van der Waals surface area contributed by atoms with Gasteiger partial charge in [0.1, 0.15) is 0 Å². The average Bonchev–Trinajstić information content (AvgIpc) is 2.78. The van der Waals surface area contributed by atoms with Gasteiger partial charge in [0.25, 0.3) is 0 Å². The predicted molar refractivity (Wildman–Crippen MR) is 70.0 cm³/mol. The number of hydrogen-bond acceptors (Lipinski definition) is 3. The normalized spacial score (nSPS) is 22.2. The van der Waals surface area contributed by atoms with E-state index in [1.54, 1.807) is 0 Å². The van der Waals surface area contributed by atoms with Crippen LogP contribution in [0.25, 0.3) is 0 Å². The zero-order chi connectivity index (χ0) is 12.3. The molecule has 4 heteroatoms. The molecule has 0 aliphatic carbocycles. The minimum atomic E-state index is 0.453. The molecule has 4 nitrogen and oxygen atoms in total. The van der Waals surface area contributed by atoms with Gasteiger partial charge in [-0.1, -0.05) is 6.92 Å². The Bertz CT molecular complexity index is 345. The molecule has 0 bridgehead atoms. The molecule has 0 radical (unpaired) electrons. The molecule has 1 aliphatic heterocycles. The van der Waals surface area contributed by atoms with E-state index >= 15 is 0 Å². The van der Waals surface area contributed by atoms with E-state index < -0.39 is 0 Å². The minimum absolute atomic E-state index is 0.453. The van der Waals surface area contributed by atoms with Crippen LogP contribution in [0, 0.1) is 0 Å². The van der Waals surface area contributed by atoms with Crippen molar-refractivity contribution in [2.24, 2.45) is 0 Å². The van der Waals surface area contributed by atoms with E-state index in [0.29, 0.717) is 12.1 Å². The molecule has 0 spiro atoms. The lowest BCUT2D eigenvalue weighted by Crippen LogP contribution is -2.50. The number of aromatic nitrogens is 2. The van der Waals surface area contributed by atoms with Crippen molar-refractivity contribution in [2.75, 3.05) is 19.6 Å². The second-order valence-electron chi connectivity index (χ2n) is 5.12. The standard InChI is InChI=1S/C13H24N4/c1-4-13-9-14-6-8-16(13)10-12-5-7-17(15-12)11(2)3/h5,7,11,13-14H,4,6,8-10H2,1-3H3. The predicted octanol–water partition coefficient (Wildman–Crippen LogP) is 1.65. The van der Waals surface area contributed by atoms with E-state index in [9.17, 15) is 0 Å². The second-order valence-corrected chi connectivity index (χ2v) is 5.12. The molecule has 1 saturated heterocycles. The van der Waals surface area contributed by atoms with Gasteiger partial charge in [0.05, 0.1) is 5.69 Å². The quantitative estimate of drug-likeness (QED) is 0.863. The maximum absolute atomic E-state index is 4.63. The van der Waals surface area contributed by atoms with Gasteiger partial charge in [-0.15, -0.1) is 0 Å². The van der Waals surface area contributed by atoms with E-state index in [1.807, 2.05) is 4.68 Å². The molecule has 1 fully saturated rings. The van der Waals surface area contributed by atoms with E-state index in [4.69, 9.17) is 0 Å². The molecule has 0 aromatic carbocycles. The zero-order valence-electron chi connectivity index (χ0n) is 11.2. The van der Waals surface area contributed by atoms with E-state index in [2.05, 4.69) is 48.3 Å². The first-order valence-electron chi connectivity index (χ1n) is 6.69. The van der Waals surface area contributed by atoms with Crippen LogP contribution >= 0.6 is 0 Å². The highest BCUT2D eigenvalue weighted by molar-refractivity contribution is 5.00. The summed E-state index contributed by atoms with van der Waals surface area (Å²) in [6.45, 7) is 10.9. The van der Waals surface area contributed by atoms with E-state index in [-0.39, 0.29) is 0 Å². The summed E-state index contributed by atoms with van der Waals surface area (Å²) in [6.07, 6.45) is 3.29. The van der Waals surface area contributed by atoms with Crippen LogP contribution in [0.2, 0.25) is 0 Å². The molecule has 1 atom stereocenters. The fraction of sp³-hybridized carbons (Fsp3) is 0.769. The number of nitrogens with one attached hydrogen (secondary N) is 1. The summed E-state index contributed by atoms with van der Waals surface area (Å²) >= 11 is 0. The summed E-state index contributed by atoms with van der Waals surface area (Å²) in [5.41, 5.74) is 1.19. The monoisotopic (exact) mass is 236 g/mol. The van der Waals surface area contributed by atoms with Crippen LogP contribution in [-0.4, -0.2) is 40.4 Å². The molecule has 96 valence electrons. The Morgan fingerprint density at radius 1 is 1.53 bits per heavy atom. The van der Waals surface area contributed by atoms with Crippen molar-refractivity contribution in [2.45, 2.75) is 45.8 Å². The van der Waals surface area contributed by atoms with E-state index in [0.717, 1.165) is 26.2 Å². The third-order valence-corrected chi connectivity index (χ3v) is 3.50.